The van der Waals surface area contributed by atoms with Crippen LogP contribution in [0.5, 0.6) is 0 Å². The number of carbonyl (C=O) groups is 1. The van der Waals surface area contributed by atoms with E-state index in [0.717, 1.165) is 48.6 Å². The average Bonchev–Trinajstić information content (AvgIpc) is 3.01. The van der Waals surface area contributed by atoms with E-state index in [0.29, 0.717) is 0 Å². The summed E-state index contributed by atoms with van der Waals surface area (Å²) in [6, 6.07) is 8.16. The van der Waals surface area contributed by atoms with Crippen molar-refractivity contribution in [3.8, 4) is 0 Å². The number of amides is 1. The van der Waals surface area contributed by atoms with Gasteiger partial charge in [-0.2, -0.15) is 0 Å². The fraction of sp³-hybridized carbons (Fsp3) is 0.474. The molecule has 2 aromatic rings. The minimum Gasteiger partial charge on any atom is -0.329 e. The summed E-state index contributed by atoms with van der Waals surface area (Å²) >= 11 is 1.67. The highest BCUT2D eigenvalue weighted by molar-refractivity contribution is 7.09. The van der Waals surface area contributed by atoms with Gasteiger partial charge in [-0.1, -0.05) is 12.1 Å². The first-order chi connectivity index (χ1) is 11.5. The maximum Gasteiger partial charge on any atom is 0.254 e. The van der Waals surface area contributed by atoms with E-state index in [4.69, 9.17) is 0 Å². The van der Waals surface area contributed by atoms with Crippen molar-refractivity contribution in [3.63, 3.8) is 0 Å². The summed E-state index contributed by atoms with van der Waals surface area (Å²) in [5.41, 5.74) is 3.04. The van der Waals surface area contributed by atoms with Gasteiger partial charge in [-0.25, -0.2) is 4.98 Å². The Hall–Kier alpha value is -1.72. The Bertz CT molecular complexity index is 693. The van der Waals surface area contributed by atoms with Gasteiger partial charge in [0.1, 0.15) is 5.01 Å². The van der Waals surface area contributed by atoms with Crippen molar-refractivity contribution in [3.05, 3.63) is 51.5 Å². The van der Waals surface area contributed by atoms with Crippen LogP contribution in [-0.2, 0) is 6.54 Å². The van der Waals surface area contributed by atoms with Gasteiger partial charge in [0.15, 0.2) is 0 Å². The topological polar surface area (TPSA) is 36.4 Å². The van der Waals surface area contributed by atoms with E-state index in [1.54, 1.807) is 11.3 Å². The van der Waals surface area contributed by atoms with E-state index in [1.807, 2.05) is 38.1 Å². The molecule has 0 N–H and O–H groups in total. The Balaban J connectivity index is 1.78. The van der Waals surface area contributed by atoms with Crippen molar-refractivity contribution in [2.24, 2.45) is 0 Å². The molecule has 1 aliphatic heterocycles. The van der Waals surface area contributed by atoms with Crippen LogP contribution in [0.15, 0.2) is 29.6 Å². The molecule has 3 rings (SSSR count). The first kappa shape index (κ1) is 17.1. The second-order valence-corrected chi connectivity index (χ2v) is 7.66. The first-order valence-electron chi connectivity index (χ1n) is 8.51. The zero-order chi connectivity index (χ0) is 17.1. The van der Waals surface area contributed by atoms with Gasteiger partial charge in [0, 0.05) is 29.7 Å². The zero-order valence-electron chi connectivity index (χ0n) is 14.7. The van der Waals surface area contributed by atoms with Gasteiger partial charge in [-0.15, -0.1) is 11.3 Å². The number of nitrogens with zero attached hydrogens (tertiary/aromatic N) is 3. The van der Waals surface area contributed by atoms with E-state index in [1.165, 1.54) is 5.56 Å². The van der Waals surface area contributed by atoms with E-state index >= 15 is 0 Å². The second-order valence-electron chi connectivity index (χ2n) is 6.77. The number of rotatable bonds is 4. The van der Waals surface area contributed by atoms with Gasteiger partial charge in [-0.3, -0.25) is 4.79 Å². The molecular weight excluding hydrogens is 318 g/mol. The molecule has 1 aromatic heterocycles. The minimum absolute atomic E-state index is 0.129. The Kier molecular flexibility index (Phi) is 5.31. The molecule has 2 heterocycles. The lowest BCUT2D eigenvalue weighted by molar-refractivity contribution is 0.0611. The highest BCUT2D eigenvalue weighted by atomic mass is 32.1. The summed E-state index contributed by atoms with van der Waals surface area (Å²) in [6.45, 7) is 3.72. The summed E-state index contributed by atoms with van der Waals surface area (Å²) in [4.78, 5) is 21.8. The molecule has 4 nitrogen and oxygen atoms in total. The van der Waals surface area contributed by atoms with Gasteiger partial charge >= 0.3 is 0 Å². The molecular formula is C19H25N3OS. The van der Waals surface area contributed by atoms with Crippen molar-refractivity contribution in [2.75, 3.05) is 20.6 Å². The normalized spacial score (nSPS) is 18.2. The molecule has 128 valence electrons. The maximum atomic E-state index is 13.0. The van der Waals surface area contributed by atoms with Gasteiger partial charge in [0.25, 0.3) is 5.91 Å². The summed E-state index contributed by atoms with van der Waals surface area (Å²) in [5, 5.41) is 3.15. The molecule has 24 heavy (non-hydrogen) atoms. The number of aryl methyl sites for hydroxylation is 1. The summed E-state index contributed by atoms with van der Waals surface area (Å²) in [5.74, 6) is 0.129. The minimum atomic E-state index is 0.129. The molecule has 1 aromatic carbocycles. The van der Waals surface area contributed by atoms with E-state index in [9.17, 15) is 4.79 Å². The number of hydrogen-bond donors (Lipinski definition) is 0. The Morgan fingerprint density at radius 2 is 2.04 bits per heavy atom. The van der Waals surface area contributed by atoms with Crippen LogP contribution in [0.2, 0.25) is 0 Å². The number of likely N-dealkylation sites (tertiary alicyclic amines) is 1. The summed E-state index contributed by atoms with van der Waals surface area (Å²) in [7, 11) is 4.10. The number of hydrogen-bond acceptors (Lipinski definition) is 4. The van der Waals surface area contributed by atoms with Crippen molar-refractivity contribution in [2.45, 2.75) is 38.8 Å². The highest BCUT2D eigenvalue weighted by Gasteiger charge is 2.30. The molecule has 0 spiro atoms. The van der Waals surface area contributed by atoms with Crippen molar-refractivity contribution >= 4 is 17.2 Å². The predicted molar refractivity (Wildman–Crippen MR) is 98.3 cm³/mol. The Morgan fingerprint density at radius 3 is 2.67 bits per heavy atom. The highest BCUT2D eigenvalue weighted by Crippen LogP contribution is 2.33. The summed E-state index contributed by atoms with van der Waals surface area (Å²) in [6.07, 6.45) is 3.25. The lowest BCUT2D eigenvalue weighted by Gasteiger charge is -2.34. The lowest BCUT2D eigenvalue weighted by atomic mass is 10.0. The number of piperidine rings is 1. The molecule has 5 heteroatoms. The third-order valence-corrected chi connectivity index (χ3v) is 5.45. The van der Waals surface area contributed by atoms with Crippen LogP contribution in [0.4, 0.5) is 0 Å². The third-order valence-electron chi connectivity index (χ3n) is 4.39. The monoisotopic (exact) mass is 343 g/mol. The van der Waals surface area contributed by atoms with Crippen LogP contribution in [0, 0.1) is 6.92 Å². The molecule has 1 atom stereocenters. The van der Waals surface area contributed by atoms with Crippen molar-refractivity contribution < 1.29 is 4.79 Å². The standard InChI is InChI=1S/C19H25N3OS/c1-14-13-24-18(20-14)17-6-4-5-11-22(17)19(23)16-9-7-15(8-10-16)12-21(2)3/h7-10,13,17H,4-6,11-12H2,1-3H3/t17-/m0/s1. The van der Waals surface area contributed by atoms with Crippen LogP contribution < -0.4 is 0 Å². The fourth-order valence-corrected chi connectivity index (χ4v) is 4.18. The van der Waals surface area contributed by atoms with Crippen LogP contribution in [0.25, 0.3) is 0 Å². The largest absolute Gasteiger partial charge is 0.329 e. The molecule has 0 saturated carbocycles. The number of thiazole rings is 1. The van der Waals surface area contributed by atoms with Crippen molar-refractivity contribution in [1.82, 2.24) is 14.8 Å². The van der Waals surface area contributed by atoms with E-state index < -0.39 is 0 Å². The van der Waals surface area contributed by atoms with E-state index in [2.05, 4.69) is 27.4 Å². The molecule has 0 radical (unpaired) electrons. The smallest absolute Gasteiger partial charge is 0.254 e. The molecule has 1 fully saturated rings. The van der Waals surface area contributed by atoms with Crippen molar-refractivity contribution in [1.29, 1.82) is 0 Å². The average molecular weight is 343 g/mol. The van der Waals surface area contributed by atoms with Gasteiger partial charge in [-0.05, 0) is 58.0 Å². The molecule has 1 aliphatic rings. The number of aromatic nitrogens is 1. The van der Waals surface area contributed by atoms with Gasteiger partial charge in [0.05, 0.1) is 6.04 Å². The van der Waals surface area contributed by atoms with Crippen LogP contribution in [0.1, 0.15) is 51.9 Å². The Morgan fingerprint density at radius 1 is 1.29 bits per heavy atom. The maximum absolute atomic E-state index is 13.0. The van der Waals surface area contributed by atoms with Gasteiger partial charge < -0.3 is 9.80 Å². The predicted octanol–water partition coefficient (Wildman–Crippen LogP) is 3.88. The molecule has 1 amide bonds. The molecule has 0 aliphatic carbocycles. The number of benzene rings is 1. The van der Waals surface area contributed by atoms with E-state index in [-0.39, 0.29) is 11.9 Å². The quantitative estimate of drug-likeness (QED) is 0.845. The molecule has 1 saturated heterocycles. The second kappa shape index (κ2) is 7.45. The first-order valence-corrected chi connectivity index (χ1v) is 9.39. The zero-order valence-corrected chi connectivity index (χ0v) is 15.5. The third kappa shape index (κ3) is 3.84. The van der Waals surface area contributed by atoms with Crippen LogP contribution in [0.3, 0.4) is 0 Å². The number of carbonyl (C=O) groups excluding carboxylic acids is 1. The fourth-order valence-electron chi connectivity index (χ4n) is 3.24. The summed E-state index contributed by atoms with van der Waals surface area (Å²) < 4.78 is 0. The SMILES string of the molecule is Cc1csc([C@@H]2CCCCN2C(=O)c2ccc(CN(C)C)cc2)n1. The Labute approximate surface area is 148 Å². The van der Waals surface area contributed by atoms with Crippen LogP contribution >= 0.6 is 11.3 Å². The van der Waals surface area contributed by atoms with Crippen LogP contribution in [-0.4, -0.2) is 41.3 Å². The van der Waals surface area contributed by atoms with Gasteiger partial charge in [0.2, 0.25) is 0 Å². The molecule has 0 unspecified atom stereocenters. The lowest BCUT2D eigenvalue weighted by Crippen LogP contribution is -2.38. The molecule has 0 bridgehead atoms.